The summed E-state index contributed by atoms with van der Waals surface area (Å²) < 4.78 is 0. The van der Waals surface area contributed by atoms with E-state index in [1.165, 1.54) is 12.1 Å². The van der Waals surface area contributed by atoms with Crippen LogP contribution in [0.5, 0.6) is 0 Å². The first kappa shape index (κ1) is 22.8. The number of non-ortho nitro benzene ring substituents is 1. The molecule has 0 aromatic heterocycles. The van der Waals surface area contributed by atoms with Crippen molar-refractivity contribution in [3.8, 4) is 0 Å². The molecule has 10 heteroatoms. The number of hydrogen-bond donors (Lipinski definition) is 1. The maximum Gasteiger partial charge on any atom is 0.270 e. The summed E-state index contributed by atoms with van der Waals surface area (Å²) in [7, 11) is 0. The van der Waals surface area contributed by atoms with Gasteiger partial charge in [-0.2, -0.15) is 0 Å². The first-order chi connectivity index (χ1) is 17.4. The van der Waals surface area contributed by atoms with Gasteiger partial charge in [0.1, 0.15) is 5.84 Å². The SMILES string of the molecule is O=C(CNC1=Nc2ccc([N+](=O)[O-])cc2C(c2ccccc2)=NC1)CN1C(=O)c2ccccc2C1=O. The minimum atomic E-state index is -0.497. The molecule has 10 nitrogen and oxygen atoms in total. The molecule has 0 bridgehead atoms. The average Bonchev–Trinajstić information content (AvgIpc) is 3.03. The normalized spacial score (nSPS) is 14.4. The Bertz CT molecular complexity index is 1440. The second-order valence-electron chi connectivity index (χ2n) is 8.18. The molecule has 178 valence electrons. The number of fused-ring (bicyclic) bond motifs is 2. The van der Waals surface area contributed by atoms with Gasteiger partial charge in [0.2, 0.25) is 0 Å². The fourth-order valence-electron chi connectivity index (χ4n) is 4.10. The predicted molar refractivity (Wildman–Crippen MR) is 132 cm³/mol. The molecule has 0 spiro atoms. The van der Waals surface area contributed by atoms with Crippen LogP contribution in [0, 0.1) is 10.1 Å². The molecular formula is C26H19N5O5. The van der Waals surface area contributed by atoms with E-state index in [2.05, 4.69) is 15.3 Å². The first-order valence-corrected chi connectivity index (χ1v) is 11.1. The van der Waals surface area contributed by atoms with Gasteiger partial charge in [-0.25, -0.2) is 4.99 Å². The molecule has 2 amide bonds. The molecule has 0 radical (unpaired) electrons. The van der Waals surface area contributed by atoms with Crippen molar-refractivity contribution in [3.63, 3.8) is 0 Å². The number of aliphatic imine (C=N–C) groups is 2. The number of nitrogens with zero attached hydrogens (tertiary/aromatic N) is 4. The van der Waals surface area contributed by atoms with E-state index in [-0.39, 0.29) is 42.2 Å². The zero-order chi connectivity index (χ0) is 25.2. The summed E-state index contributed by atoms with van der Waals surface area (Å²) in [5.74, 6) is -0.994. The van der Waals surface area contributed by atoms with Gasteiger partial charge >= 0.3 is 0 Å². The van der Waals surface area contributed by atoms with Gasteiger partial charge in [-0.05, 0) is 18.2 Å². The fourth-order valence-corrected chi connectivity index (χ4v) is 4.10. The molecule has 0 fully saturated rings. The summed E-state index contributed by atoms with van der Waals surface area (Å²) in [6.07, 6.45) is 0. The Labute approximate surface area is 205 Å². The molecule has 0 saturated carbocycles. The number of ketones is 1. The van der Waals surface area contributed by atoms with Crippen LogP contribution in [0.2, 0.25) is 0 Å². The van der Waals surface area contributed by atoms with Crippen LogP contribution in [0.25, 0.3) is 0 Å². The van der Waals surface area contributed by atoms with Crippen molar-refractivity contribution in [2.45, 2.75) is 0 Å². The molecule has 3 aromatic carbocycles. The molecule has 2 aliphatic heterocycles. The maximum atomic E-state index is 12.6. The summed E-state index contributed by atoms with van der Waals surface area (Å²) in [4.78, 5) is 58.7. The summed E-state index contributed by atoms with van der Waals surface area (Å²) in [5.41, 5.74) is 2.78. The number of carbonyl (C=O) groups is 3. The number of hydrogen-bond acceptors (Lipinski definition) is 8. The van der Waals surface area contributed by atoms with E-state index in [0.29, 0.717) is 22.8 Å². The third kappa shape index (κ3) is 4.27. The highest BCUT2D eigenvalue weighted by Crippen LogP contribution is 2.29. The zero-order valence-corrected chi connectivity index (χ0v) is 18.9. The van der Waals surface area contributed by atoms with E-state index in [1.54, 1.807) is 30.3 Å². The van der Waals surface area contributed by atoms with Crippen molar-refractivity contribution in [2.75, 3.05) is 19.6 Å². The Hall–Kier alpha value is -4.99. The first-order valence-electron chi connectivity index (χ1n) is 11.1. The standard InChI is InChI=1S/C26H19N5O5/c32-18(15-30-25(33)19-8-4-5-9-20(19)26(30)34)13-27-23-14-28-24(16-6-2-1-3-7-16)21-12-17(31(35)36)10-11-22(21)29-23/h1-12H,13-15H2,(H,27,29). The maximum absolute atomic E-state index is 12.6. The number of rotatable bonds is 6. The number of amidine groups is 1. The highest BCUT2D eigenvalue weighted by Gasteiger charge is 2.36. The van der Waals surface area contributed by atoms with Crippen molar-refractivity contribution in [3.05, 3.63) is 105 Å². The minimum absolute atomic E-state index is 0.0832. The van der Waals surface area contributed by atoms with E-state index in [0.717, 1.165) is 10.5 Å². The summed E-state index contributed by atoms with van der Waals surface area (Å²) in [6, 6.07) is 20.0. The van der Waals surface area contributed by atoms with Gasteiger partial charge < -0.3 is 5.32 Å². The van der Waals surface area contributed by atoms with Gasteiger partial charge in [-0.1, -0.05) is 42.5 Å². The Morgan fingerprint density at radius 1 is 0.944 bits per heavy atom. The lowest BCUT2D eigenvalue weighted by Crippen LogP contribution is -2.40. The van der Waals surface area contributed by atoms with Gasteiger partial charge in [-0.15, -0.1) is 0 Å². The number of nitrogens with one attached hydrogen (secondary N) is 1. The fraction of sp³-hybridized carbons (Fsp3) is 0.115. The third-order valence-corrected chi connectivity index (χ3v) is 5.84. The highest BCUT2D eigenvalue weighted by molar-refractivity contribution is 6.22. The predicted octanol–water partition coefficient (Wildman–Crippen LogP) is 2.93. The molecule has 0 aliphatic carbocycles. The molecule has 1 N–H and O–H groups in total. The smallest absolute Gasteiger partial charge is 0.270 e. The summed E-state index contributed by atoms with van der Waals surface area (Å²) >= 11 is 0. The molecule has 0 atom stereocenters. The molecule has 0 unspecified atom stereocenters. The average molecular weight is 481 g/mol. The lowest BCUT2D eigenvalue weighted by Gasteiger charge is -2.13. The van der Waals surface area contributed by atoms with Crippen LogP contribution in [0.3, 0.4) is 0 Å². The Morgan fingerprint density at radius 2 is 1.61 bits per heavy atom. The lowest BCUT2D eigenvalue weighted by molar-refractivity contribution is -0.384. The van der Waals surface area contributed by atoms with Crippen molar-refractivity contribution in [1.29, 1.82) is 0 Å². The molecule has 5 rings (SSSR count). The molecule has 36 heavy (non-hydrogen) atoms. The van der Waals surface area contributed by atoms with Crippen molar-refractivity contribution < 1.29 is 19.3 Å². The van der Waals surface area contributed by atoms with Crippen LogP contribution in [-0.4, -0.2) is 58.6 Å². The number of benzene rings is 3. The van der Waals surface area contributed by atoms with Crippen LogP contribution in [0.1, 0.15) is 31.8 Å². The summed E-state index contributed by atoms with van der Waals surface area (Å²) in [6.45, 7) is -0.439. The monoisotopic (exact) mass is 481 g/mol. The van der Waals surface area contributed by atoms with Gasteiger partial charge in [0.05, 0.1) is 47.1 Å². The van der Waals surface area contributed by atoms with Gasteiger partial charge in [0.25, 0.3) is 17.5 Å². The van der Waals surface area contributed by atoms with Gasteiger partial charge in [-0.3, -0.25) is 34.4 Å². The number of imide groups is 1. The Balaban J connectivity index is 1.34. The summed E-state index contributed by atoms with van der Waals surface area (Å²) in [5, 5.41) is 14.3. The van der Waals surface area contributed by atoms with E-state index < -0.39 is 16.7 Å². The topological polar surface area (TPSA) is 134 Å². The van der Waals surface area contributed by atoms with Crippen LogP contribution >= 0.6 is 0 Å². The Kier molecular flexibility index (Phi) is 5.91. The number of nitro groups is 1. The lowest BCUT2D eigenvalue weighted by atomic mass is 10.00. The van der Waals surface area contributed by atoms with Gasteiger partial charge in [0.15, 0.2) is 5.78 Å². The quantitative estimate of drug-likeness (QED) is 0.327. The highest BCUT2D eigenvalue weighted by atomic mass is 16.6. The number of Topliss-reactive ketones (excluding diaryl/α,β-unsaturated/α-hetero) is 1. The second kappa shape index (κ2) is 9.34. The van der Waals surface area contributed by atoms with Gasteiger partial charge in [0, 0.05) is 23.3 Å². The molecule has 2 heterocycles. The Morgan fingerprint density at radius 3 is 2.28 bits per heavy atom. The minimum Gasteiger partial charge on any atom is -0.365 e. The molecule has 2 aliphatic rings. The zero-order valence-electron chi connectivity index (χ0n) is 18.9. The molecular weight excluding hydrogens is 462 g/mol. The van der Waals surface area contributed by atoms with E-state index in [1.807, 2.05) is 30.3 Å². The third-order valence-electron chi connectivity index (χ3n) is 5.84. The second-order valence-corrected chi connectivity index (χ2v) is 8.18. The van der Waals surface area contributed by atoms with Crippen molar-refractivity contribution in [1.82, 2.24) is 10.2 Å². The van der Waals surface area contributed by atoms with Crippen LogP contribution in [-0.2, 0) is 4.79 Å². The van der Waals surface area contributed by atoms with Crippen molar-refractivity contribution in [2.24, 2.45) is 9.98 Å². The largest absolute Gasteiger partial charge is 0.365 e. The van der Waals surface area contributed by atoms with Crippen LogP contribution in [0.4, 0.5) is 11.4 Å². The van der Waals surface area contributed by atoms with E-state index in [9.17, 15) is 24.5 Å². The molecule has 0 saturated heterocycles. The van der Waals surface area contributed by atoms with Crippen molar-refractivity contribution >= 4 is 40.5 Å². The number of carbonyl (C=O) groups excluding carboxylic acids is 3. The molecule has 3 aromatic rings. The van der Waals surface area contributed by atoms with Crippen LogP contribution < -0.4 is 5.32 Å². The van der Waals surface area contributed by atoms with Crippen LogP contribution in [0.15, 0.2) is 82.8 Å². The number of amides is 2. The van der Waals surface area contributed by atoms with E-state index >= 15 is 0 Å². The van der Waals surface area contributed by atoms with E-state index in [4.69, 9.17) is 0 Å². The number of nitro benzene ring substituents is 1.